The number of hydrogen-bond acceptors (Lipinski definition) is 0. The first-order valence-corrected chi connectivity index (χ1v) is 6.47. The van der Waals surface area contributed by atoms with Crippen molar-refractivity contribution in [3.05, 3.63) is 30.5 Å². The van der Waals surface area contributed by atoms with E-state index in [9.17, 15) is 0 Å². The SMILES string of the molecule is C[SiH2]c1ccc2ccn(C)c2c1. The molecule has 1 aromatic carbocycles. The number of hydrogen-bond donors (Lipinski definition) is 0. The van der Waals surface area contributed by atoms with Crippen LogP contribution in [0, 0.1) is 0 Å². The van der Waals surface area contributed by atoms with Crippen LogP contribution in [0.1, 0.15) is 0 Å². The maximum Gasteiger partial charge on any atom is 0.0518 e. The van der Waals surface area contributed by atoms with Crippen LogP contribution in [-0.4, -0.2) is 14.1 Å². The quantitative estimate of drug-likeness (QED) is 0.570. The van der Waals surface area contributed by atoms with Crippen molar-refractivity contribution in [1.29, 1.82) is 0 Å². The molecule has 2 rings (SSSR count). The molecule has 1 heterocycles. The number of rotatable bonds is 1. The van der Waals surface area contributed by atoms with Gasteiger partial charge in [-0.1, -0.05) is 23.9 Å². The zero-order valence-corrected chi connectivity index (χ0v) is 8.96. The van der Waals surface area contributed by atoms with E-state index in [2.05, 4.69) is 48.6 Å². The summed E-state index contributed by atoms with van der Waals surface area (Å²) in [6.45, 7) is 2.32. The van der Waals surface area contributed by atoms with E-state index in [1.165, 1.54) is 10.9 Å². The molecule has 62 valence electrons. The third kappa shape index (κ3) is 1.08. The van der Waals surface area contributed by atoms with Gasteiger partial charge < -0.3 is 4.57 Å². The van der Waals surface area contributed by atoms with E-state index in [1.54, 1.807) is 5.19 Å². The van der Waals surface area contributed by atoms with Crippen molar-refractivity contribution in [3.8, 4) is 0 Å². The van der Waals surface area contributed by atoms with Gasteiger partial charge in [-0.2, -0.15) is 0 Å². The molecule has 0 saturated carbocycles. The maximum absolute atomic E-state index is 2.32. The Balaban J connectivity index is 2.71. The smallest absolute Gasteiger partial charge is 0.0518 e. The molecule has 0 saturated heterocycles. The number of benzene rings is 1. The summed E-state index contributed by atoms with van der Waals surface area (Å²) in [6, 6.07) is 8.97. The number of aromatic nitrogens is 1. The van der Waals surface area contributed by atoms with Crippen LogP contribution in [0.5, 0.6) is 0 Å². The lowest BCUT2D eigenvalue weighted by atomic mass is 10.2. The molecule has 0 aliphatic carbocycles. The van der Waals surface area contributed by atoms with Crippen LogP contribution in [0.15, 0.2) is 30.5 Å². The first kappa shape index (κ1) is 7.62. The number of aryl methyl sites for hydroxylation is 1. The van der Waals surface area contributed by atoms with Crippen molar-refractivity contribution in [2.24, 2.45) is 7.05 Å². The first-order chi connectivity index (χ1) is 5.81. The minimum absolute atomic E-state index is 0.00475. The second kappa shape index (κ2) is 2.79. The topological polar surface area (TPSA) is 4.93 Å². The molecule has 0 aliphatic heterocycles. The zero-order chi connectivity index (χ0) is 8.55. The van der Waals surface area contributed by atoms with E-state index in [0.717, 1.165) is 0 Å². The van der Waals surface area contributed by atoms with Gasteiger partial charge in [0.05, 0.1) is 9.52 Å². The van der Waals surface area contributed by atoms with E-state index in [4.69, 9.17) is 0 Å². The summed E-state index contributed by atoms with van der Waals surface area (Å²) >= 11 is 0. The lowest BCUT2D eigenvalue weighted by Crippen LogP contribution is -2.09. The molecular formula is C10H13NSi. The van der Waals surface area contributed by atoms with Crippen molar-refractivity contribution < 1.29 is 0 Å². The van der Waals surface area contributed by atoms with Gasteiger partial charge in [0.2, 0.25) is 0 Å². The van der Waals surface area contributed by atoms with E-state index in [0.29, 0.717) is 0 Å². The van der Waals surface area contributed by atoms with Crippen LogP contribution < -0.4 is 5.19 Å². The third-order valence-corrected chi connectivity index (χ3v) is 3.62. The zero-order valence-electron chi connectivity index (χ0n) is 7.54. The molecule has 0 spiro atoms. The molecule has 1 nitrogen and oxygen atoms in total. The van der Waals surface area contributed by atoms with E-state index in [1.807, 2.05) is 0 Å². The molecule has 0 radical (unpaired) electrons. The van der Waals surface area contributed by atoms with Gasteiger partial charge in [-0.05, 0) is 17.5 Å². The lowest BCUT2D eigenvalue weighted by Gasteiger charge is -1.98. The van der Waals surface area contributed by atoms with Gasteiger partial charge in [0.15, 0.2) is 0 Å². The van der Waals surface area contributed by atoms with Crippen LogP contribution in [0.3, 0.4) is 0 Å². The molecule has 0 aliphatic rings. The minimum Gasteiger partial charge on any atom is -0.351 e. The lowest BCUT2D eigenvalue weighted by molar-refractivity contribution is 0.970. The number of nitrogens with zero attached hydrogens (tertiary/aromatic N) is 1. The van der Waals surface area contributed by atoms with Crippen molar-refractivity contribution in [2.45, 2.75) is 6.55 Å². The Morgan fingerprint density at radius 2 is 2.08 bits per heavy atom. The van der Waals surface area contributed by atoms with E-state index < -0.39 is 0 Å². The highest BCUT2D eigenvalue weighted by molar-refractivity contribution is 6.52. The molecule has 12 heavy (non-hydrogen) atoms. The molecular weight excluding hydrogens is 162 g/mol. The average molecular weight is 175 g/mol. The van der Waals surface area contributed by atoms with Crippen LogP contribution in [0.25, 0.3) is 10.9 Å². The van der Waals surface area contributed by atoms with Gasteiger partial charge in [-0.25, -0.2) is 0 Å². The summed E-state index contributed by atoms with van der Waals surface area (Å²) in [5.41, 5.74) is 1.36. The standard InChI is InChI=1S/C10H13NSi/c1-11-6-5-8-3-4-9(12-2)7-10(8)11/h3-7H,12H2,1-2H3. The third-order valence-electron chi connectivity index (χ3n) is 2.36. The fraction of sp³-hybridized carbons (Fsp3) is 0.200. The van der Waals surface area contributed by atoms with Gasteiger partial charge in [-0.3, -0.25) is 0 Å². The molecule has 0 fully saturated rings. The summed E-state index contributed by atoms with van der Waals surface area (Å²) in [7, 11) is 2.10. The monoisotopic (exact) mass is 175 g/mol. The van der Waals surface area contributed by atoms with Crippen molar-refractivity contribution in [2.75, 3.05) is 0 Å². The van der Waals surface area contributed by atoms with Gasteiger partial charge in [0.1, 0.15) is 0 Å². The Morgan fingerprint density at radius 1 is 1.25 bits per heavy atom. The Morgan fingerprint density at radius 3 is 2.83 bits per heavy atom. The minimum atomic E-state index is -0.00475. The molecule has 0 unspecified atom stereocenters. The second-order valence-corrected chi connectivity index (χ2v) is 4.70. The van der Waals surface area contributed by atoms with Gasteiger partial charge in [-0.15, -0.1) is 0 Å². The fourth-order valence-corrected chi connectivity index (χ4v) is 2.28. The predicted octanol–water partition coefficient (Wildman–Crippen LogP) is 1.02. The summed E-state index contributed by atoms with van der Waals surface area (Å²) < 4.78 is 2.18. The summed E-state index contributed by atoms with van der Waals surface area (Å²) in [6.07, 6.45) is 2.12. The van der Waals surface area contributed by atoms with Gasteiger partial charge >= 0.3 is 0 Å². The molecule has 1 aromatic heterocycles. The normalized spacial score (nSPS) is 11.8. The van der Waals surface area contributed by atoms with Crippen molar-refractivity contribution >= 4 is 25.6 Å². The van der Waals surface area contributed by atoms with Crippen LogP contribution in [0.2, 0.25) is 6.55 Å². The molecule has 0 N–H and O–H groups in total. The average Bonchev–Trinajstić information content (AvgIpc) is 2.47. The largest absolute Gasteiger partial charge is 0.351 e. The molecule has 2 aromatic rings. The Hall–Kier alpha value is -1.02. The maximum atomic E-state index is 2.32. The summed E-state index contributed by atoms with van der Waals surface area (Å²) in [5.74, 6) is 0. The molecule has 0 amide bonds. The Bertz CT molecular complexity index is 403. The van der Waals surface area contributed by atoms with E-state index >= 15 is 0 Å². The van der Waals surface area contributed by atoms with Crippen molar-refractivity contribution in [3.63, 3.8) is 0 Å². The van der Waals surface area contributed by atoms with Crippen LogP contribution in [-0.2, 0) is 7.05 Å². The Labute approximate surface area is 74.8 Å². The van der Waals surface area contributed by atoms with Gasteiger partial charge in [0.25, 0.3) is 0 Å². The molecule has 0 bridgehead atoms. The highest BCUT2D eigenvalue weighted by Crippen LogP contribution is 2.11. The molecule has 0 atom stereocenters. The predicted molar refractivity (Wildman–Crippen MR) is 57.0 cm³/mol. The summed E-state index contributed by atoms with van der Waals surface area (Å²) in [4.78, 5) is 0. The van der Waals surface area contributed by atoms with Crippen LogP contribution in [0.4, 0.5) is 0 Å². The van der Waals surface area contributed by atoms with E-state index in [-0.39, 0.29) is 9.52 Å². The summed E-state index contributed by atoms with van der Waals surface area (Å²) in [5, 5.41) is 2.90. The van der Waals surface area contributed by atoms with Crippen molar-refractivity contribution in [1.82, 2.24) is 4.57 Å². The highest BCUT2D eigenvalue weighted by Gasteiger charge is 1.97. The van der Waals surface area contributed by atoms with Crippen LogP contribution >= 0.6 is 0 Å². The molecule has 2 heteroatoms. The number of fused-ring (bicyclic) bond motifs is 1. The second-order valence-electron chi connectivity index (χ2n) is 3.17. The fourth-order valence-electron chi connectivity index (χ4n) is 1.53. The Kier molecular flexibility index (Phi) is 1.77. The first-order valence-electron chi connectivity index (χ1n) is 4.35. The van der Waals surface area contributed by atoms with Gasteiger partial charge in [0, 0.05) is 18.8 Å². The highest BCUT2D eigenvalue weighted by atomic mass is 28.2.